The Balaban J connectivity index is 1.61. The Kier molecular flexibility index (Phi) is 6.05. The molecule has 1 heterocycles. The lowest BCUT2D eigenvalue weighted by molar-refractivity contribution is -0.128. The minimum atomic E-state index is 0.0102. The van der Waals surface area contributed by atoms with Crippen LogP contribution in [0.2, 0.25) is 0 Å². The molecule has 5 nitrogen and oxygen atoms in total. The molecule has 3 rings (SSSR count). The number of nitrogens with zero attached hydrogens (tertiary/aromatic N) is 1. The third-order valence-electron chi connectivity index (χ3n) is 5.78. The highest BCUT2D eigenvalue weighted by Gasteiger charge is 2.33. The van der Waals surface area contributed by atoms with Crippen molar-refractivity contribution in [3.63, 3.8) is 0 Å². The third-order valence-corrected chi connectivity index (χ3v) is 5.78. The number of hydrogen-bond acceptors (Lipinski definition) is 3. The van der Waals surface area contributed by atoms with Gasteiger partial charge in [-0.3, -0.25) is 14.6 Å². The summed E-state index contributed by atoms with van der Waals surface area (Å²) in [6, 6.07) is 5.94. The normalized spacial score (nSPS) is 24.8. The maximum atomic E-state index is 12.5. The second-order valence-electron chi connectivity index (χ2n) is 7.59. The van der Waals surface area contributed by atoms with Crippen LogP contribution in [0.15, 0.2) is 24.4 Å². The first kappa shape index (κ1) is 17.9. The van der Waals surface area contributed by atoms with E-state index in [9.17, 15) is 9.59 Å². The Bertz CT molecular complexity index is 578. The van der Waals surface area contributed by atoms with Crippen molar-refractivity contribution >= 4 is 11.8 Å². The summed E-state index contributed by atoms with van der Waals surface area (Å²) in [5.41, 5.74) is 0.973. The average Bonchev–Trinajstić information content (AvgIpc) is 2.58. The maximum absolute atomic E-state index is 12.5. The fourth-order valence-electron chi connectivity index (χ4n) is 3.95. The highest BCUT2D eigenvalue weighted by molar-refractivity contribution is 5.79. The summed E-state index contributed by atoms with van der Waals surface area (Å²) in [6.45, 7) is 2.34. The summed E-state index contributed by atoms with van der Waals surface area (Å²) in [7, 11) is 0. The van der Waals surface area contributed by atoms with Gasteiger partial charge in [0.2, 0.25) is 11.8 Å². The van der Waals surface area contributed by atoms with Gasteiger partial charge in [0.05, 0.1) is 11.7 Å². The molecule has 0 radical (unpaired) electrons. The predicted octanol–water partition coefficient (Wildman–Crippen LogP) is 2.98. The first-order chi connectivity index (χ1) is 12.1. The second kappa shape index (κ2) is 8.45. The van der Waals surface area contributed by atoms with E-state index in [1.54, 1.807) is 13.1 Å². The summed E-state index contributed by atoms with van der Waals surface area (Å²) in [5, 5.41) is 6.23. The van der Waals surface area contributed by atoms with E-state index in [-0.39, 0.29) is 23.8 Å². The zero-order valence-electron chi connectivity index (χ0n) is 15.0. The molecule has 0 aliphatic heterocycles. The number of amides is 2. The van der Waals surface area contributed by atoms with Crippen molar-refractivity contribution in [1.82, 2.24) is 15.6 Å². The van der Waals surface area contributed by atoms with E-state index in [2.05, 4.69) is 15.6 Å². The number of carbonyl (C=O) groups excluding carboxylic acids is 2. The first-order valence-electron chi connectivity index (χ1n) is 9.59. The minimum Gasteiger partial charge on any atom is -0.356 e. The van der Waals surface area contributed by atoms with E-state index in [0.29, 0.717) is 11.8 Å². The van der Waals surface area contributed by atoms with E-state index < -0.39 is 0 Å². The van der Waals surface area contributed by atoms with Gasteiger partial charge in [-0.15, -0.1) is 0 Å². The number of rotatable bonds is 6. The molecule has 0 saturated heterocycles. The summed E-state index contributed by atoms with van der Waals surface area (Å²) in [6.07, 6.45) is 9.32. The van der Waals surface area contributed by atoms with Crippen molar-refractivity contribution in [2.24, 2.45) is 17.8 Å². The second-order valence-corrected chi connectivity index (χ2v) is 7.59. The van der Waals surface area contributed by atoms with Crippen LogP contribution < -0.4 is 10.6 Å². The maximum Gasteiger partial charge on any atom is 0.223 e. The van der Waals surface area contributed by atoms with Gasteiger partial charge in [0.25, 0.3) is 0 Å². The van der Waals surface area contributed by atoms with Crippen LogP contribution >= 0.6 is 0 Å². The molecule has 0 spiro atoms. The number of nitrogens with one attached hydrogen (secondary N) is 2. The van der Waals surface area contributed by atoms with Crippen molar-refractivity contribution < 1.29 is 9.59 Å². The molecule has 1 aromatic rings. The Labute approximate surface area is 150 Å². The van der Waals surface area contributed by atoms with Gasteiger partial charge in [0, 0.05) is 25.6 Å². The molecule has 2 saturated carbocycles. The molecule has 2 N–H and O–H groups in total. The number of carbonyl (C=O) groups is 2. The number of pyridine rings is 1. The van der Waals surface area contributed by atoms with Gasteiger partial charge < -0.3 is 10.6 Å². The molecule has 2 aliphatic carbocycles. The van der Waals surface area contributed by atoms with Crippen LogP contribution in [0.3, 0.4) is 0 Å². The van der Waals surface area contributed by atoms with Crippen molar-refractivity contribution in [1.29, 1.82) is 0 Å². The van der Waals surface area contributed by atoms with Crippen molar-refractivity contribution in [2.45, 2.75) is 57.9 Å². The van der Waals surface area contributed by atoms with E-state index in [4.69, 9.17) is 0 Å². The summed E-state index contributed by atoms with van der Waals surface area (Å²) in [4.78, 5) is 28.1. The number of aromatic nitrogens is 1. The first-order valence-corrected chi connectivity index (χ1v) is 9.59. The van der Waals surface area contributed by atoms with E-state index in [1.165, 1.54) is 6.42 Å². The molecule has 2 aliphatic rings. The monoisotopic (exact) mass is 343 g/mol. The Morgan fingerprint density at radius 1 is 1.16 bits per heavy atom. The average molecular weight is 343 g/mol. The van der Waals surface area contributed by atoms with E-state index in [1.807, 2.05) is 18.2 Å². The molecule has 136 valence electrons. The smallest absolute Gasteiger partial charge is 0.223 e. The van der Waals surface area contributed by atoms with Gasteiger partial charge in [-0.2, -0.15) is 0 Å². The van der Waals surface area contributed by atoms with Gasteiger partial charge in [-0.1, -0.05) is 12.5 Å². The zero-order valence-corrected chi connectivity index (χ0v) is 15.0. The molecule has 1 aromatic heterocycles. The quantitative estimate of drug-likeness (QED) is 0.834. The Morgan fingerprint density at radius 2 is 1.92 bits per heavy atom. The molecular formula is C20H29N3O2. The van der Waals surface area contributed by atoms with Crippen LogP contribution in [-0.4, -0.2) is 23.3 Å². The predicted molar refractivity (Wildman–Crippen MR) is 96.6 cm³/mol. The van der Waals surface area contributed by atoms with Gasteiger partial charge in [0.15, 0.2) is 0 Å². The highest BCUT2D eigenvalue weighted by atomic mass is 16.2. The highest BCUT2D eigenvalue weighted by Crippen LogP contribution is 2.37. The van der Waals surface area contributed by atoms with Gasteiger partial charge >= 0.3 is 0 Å². The van der Waals surface area contributed by atoms with Crippen molar-refractivity contribution in [3.8, 4) is 0 Å². The Morgan fingerprint density at radius 3 is 2.48 bits per heavy atom. The number of hydrogen-bond donors (Lipinski definition) is 2. The zero-order chi connectivity index (χ0) is 17.6. The molecule has 0 bridgehead atoms. The van der Waals surface area contributed by atoms with Gasteiger partial charge in [-0.05, 0) is 62.5 Å². The fraction of sp³-hybridized carbons (Fsp3) is 0.650. The van der Waals surface area contributed by atoms with E-state index in [0.717, 1.165) is 50.8 Å². The molecule has 1 unspecified atom stereocenters. The molecule has 2 amide bonds. The van der Waals surface area contributed by atoms with Gasteiger partial charge in [0.1, 0.15) is 0 Å². The van der Waals surface area contributed by atoms with Crippen LogP contribution in [-0.2, 0) is 9.59 Å². The summed E-state index contributed by atoms with van der Waals surface area (Å²) in [5.74, 6) is 1.41. The topological polar surface area (TPSA) is 71.1 Å². The molecule has 0 aromatic carbocycles. The largest absolute Gasteiger partial charge is 0.356 e. The van der Waals surface area contributed by atoms with Crippen LogP contribution in [0.5, 0.6) is 0 Å². The lowest BCUT2D eigenvalue weighted by Gasteiger charge is -2.35. The molecule has 2 fully saturated rings. The van der Waals surface area contributed by atoms with Crippen molar-refractivity contribution in [2.75, 3.05) is 6.54 Å². The lowest BCUT2D eigenvalue weighted by atomic mass is 9.77. The standard InChI is InChI=1S/C20H29N3O2/c1-14(24)22-13-15-8-10-16(11-9-15)19(18-7-2-3-12-21-18)23-20(25)17-5-4-6-17/h2-3,7,12,15-17,19H,4-6,8-11,13H2,1H3,(H,22,24)(H,23,25). The minimum absolute atomic E-state index is 0.0102. The van der Waals surface area contributed by atoms with Crippen LogP contribution in [0.25, 0.3) is 0 Å². The lowest BCUT2D eigenvalue weighted by Crippen LogP contribution is -2.41. The third kappa shape index (κ3) is 4.80. The fourth-order valence-corrected chi connectivity index (χ4v) is 3.95. The molecule has 5 heteroatoms. The molecule has 1 atom stereocenters. The van der Waals surface area contributed by atoms with E-state index >= 15 is 0 Å². The van der Waals surface area contributed by atoms with Crippen molar-refractivity contribution in [3.05, 3.63) is 30.1 Å². The SMILES string of the molecule is CC(=O)NCC1CCC(C(NC(=O)C2CCC2)c2ccccn2)CC1. The van der Waals surface area contributed by atoms with Crippen LogP contribution in [0, 0.1) is 17.8 Å². The van der Waals surface area contributed by atoms with Crippen LogP contribution in [0.4, 0.5) is 0 Å². The van der Waals surface area contributed by atoms with Crippen LogP contribution in [0.1, 0.15) is 63.6 Å². The summed E-state index contributed by atoms with van der Waals surface area (Å²) >= 11 is 0. The molecular weight excluding hydrogens is 314 g/mol. The molecule has 25 heavy (non-hydrogen) atoms. The Hall–Kier alpha value is -1.91. The summed E-state index contributed by atoms with van der Waals surface area (Å²) < 4.78 is 0. The van der Waals surface area contributed by atoms with Gasteiger partial charge in [-0.25, -0.2) is 0 Å².